The molecule has 0 saturated carbocycles. The van der Waals surface area contributed by atoms with Crippen LogP contribution in [0.4, 0.5) is 20.2 Å². The maximum atomic E-state index is 14.5. The number of thioether (sulfide) groups is 2. The molecule has 2 aromatic heterocycles. The average Bonchev–Trinajstić information content (AvgIpc) is 3.92. The van der Waals surface area contributed by atoms with E-state index >= 15 is 0 Å². The lowest BCUT2D eigenvalue weighted by Gasteiger charge is -2.21. The van der Waals surface area contributed by atoms with Gasteiger partial charge in [-0.3, -0.25) is 30.2 Å². The van der Waals surface area contributed by atoms with Crippen LogP contribution in [0.15, 0.2) is 129 Å². The average molecular weight is 1010 g/mol. The lowest BCUT2D eigenvalue weighted by Crippen LogP contribution is -2.29. The molecule has 0 aliphatic rings. The summed E-state index contributed by atoms with van der Waals surface area (Å²) in [6, 6.07) is 24.8. The van der Waals surface area contributed by atoms with Gasteiger partial charge in [-0.25, -0.2) is 33.5 Å². The third-order valence-corrected chi connectivity index (χ3v) is 13.7. The third-order valence-electron chi connectivity index (χ3n) is 7.90. The summed E-state index contributed by atoms with van der Waals surface area (Å²) in [6.07, 6.45) is 0.146. The van der Waals surface area contributed by atoms with E-state index in [2.05, 4.69) is 78.1 Å². The van der Waals surface area contributed by atoms with Gasteiger partial charge in [0.15, 0.2) is 38.9 Å². The van der Waals surface area contributed by atoms with Crippen LogP contribution >= 0.6 is 62.8 Å². The number of hydrogen-bond acceptors (Lipinski definition) is 14. The van der Waals surface area contributed by atoms with Crippen LogP contribution in [0.2, 0.25) is 0 Å². The molecule has 1 unspecified atom stereocenters. The van der Waals surface area contributed by atoms with Gasteiger partial charge in [-0.15, -0.1) is 0 Å². The van der Waals surface area contributed by atoms with Gasteiger partial charge in [-0.05, 0) is 119 Å². The molecule has 0 spiro atoms. The highest BCUT2D eigenvalue weighted by Crippen LogP contribution is 2.39. The number of Topliss-reactive ketones (excluding diaryl/α,β-unsaturated/α-hetero) is 1. The molecule has 0 aliphatic heterocycles. The molecule has 0 fully saturated rings. The van der Waals surface area contributed by atoms with Crippen LogP contribution in [0.1, 0.15) is 29.4 Å². The standard InChI is InChI=1S/C37H33Br2F2N10O6PS2/c1-22(52)21-60-37-33(48-57-51-37)35(45-26-11-13-31(41)29(39)18-26)49-55-27-9-5-8-24(16-27)20-43-58(54,42-19-23-6-3-2-4-7-23)14-15-59-36-32(47-56-50-36)34(46-53)44-25-10-12-30(40)28(38)17-25/h2-13,16-18,53H,14-15,19-21H2,1H3,(H,44,46)(H,45,49)(H2,42,43,54). The summed E-state index contributed by atoms with van der Waals surface area (Å²) >= 11 is 8.58. The van der Waals surface area contributed by atoms with Crippen LogP contribution < -0.4 is 26.0 Å². The fraction of sp³-hybridized carbons (Fsp3) is 0.162. The maximum Gasteiger partial charge on any atom is 0.212 e. The molecule has 2 heterocycles. The number of halogens is 4. The highest BCUT2D eigenvalue weighted by Gasteiger charge is 2.24. The Balaban J connectivity index is 1.15. The molecule has 0 aliphatic carbocycles. The van der Waals surface area contributed by atoms with Gasteiger partial charge in [0.05, 0.1) is 26.1 Å². The number of benzene rings is 4. The number of nitrogens with zero attached hydrogens (tertiary/aromatic N) is 6. The Labute approximate surface area is 366 Å². The van der Waals surface area contributed by atoms with Gasteiger partial charge in [0, 0.05) is 25.0 Å². The van der Waals surface area contributed by atoms with Gasteiger partial charge in [-0.2, -0.15) is 0 Å². The molecular formula is C37H33Br2F2N10O6PS2. The largest absolute Gasteiger partial charge is 0.381 e. The first kappa shape index (κ1) is 44.7. The minimum atomic E-state index is -3.32. The zero-order chi connectivity index (χ0) is 42.5. The second kappa shape index (κ2) is 21.6. The summed E-state index contributed by atoms with van der Waals surface area (Å²) < 4.78 is 52.6. The van der Waals surface area contributed by atoms with E-state index in [0.29, 0.717) is 23.7 Å². The molecule has 0 saturated heterocycles. The summed E-state index contributed by atoms with van der Waals surface area (Å²) in [5.41, 5.74) is 7.35. The van der Waals surface area contributed by atoms with Gasteiger partial charge in [-0.1, -0.05) is 66.0 Å². The SMILES string of the molecule is CC(=O)CSc1nonc1C(=Nc1ccc(F)c(Br)c1)NOc1cccc(CNP(=O)(CCSc2nonc2C(=Nc2ccc(F)c(Br)c2)NO)NCc2ccccc2)c1. The lowest BCUT2D eigenvalue weighted by molar-refractivity contribution is -0.114. The predicted octanol–water partition coefficient (Wildman–Crippen LogP) is 8.52. The van der Waals surface area contributed by atoms with Crippen molar-refractivity contribution in [1.29, 1.82) is 0 Å². The maximum absolute atomic E-state index is 14.5. The van der Waals surface area contributed by atoms with Crippen LogP contribution in [0.5, 0.6) is 5.75 Å². The summed E-state index contributed by atoms with van der Waals surface area (Å²) in [7, 11) is -3.32. The molecule has 312 valence electrons. The molecular weight excluding hydrogens is 973 g/mol. The molecule has 5 N–H and O–H groups in total. The van der Waals surface area contributed by atoms with E-state index in [4.69, 9.17) is 14.1 Å². The van der Waals surface area contributed by atoms with E-state index in [-0.39, 0.29) is 72.1 Å². The normalized spacial score (nSPS) is 12.9. The Bertz CT molecular complexity index is 2540. The number of carbonyl (C=O) groups is 1. The summed E-state index contributed by atoms with van der Waals surface area (Å²) in [6.45, 7) is 1.92. The zero-order valence-electron chi connectivity index (χ0n) is 31.1. The van der Waals surface area contributed by atoms with E-state index in [1.54, 1.807) is 18.2 Å². The van der Waals surface area contributed by atoms with E-state index in [1.165, 1.54) is 55.1 Å². The van der Waals surface area contributed by atoms with Crippen molar-refractivity contribution in [2.75, 3.05) is 17.7 Å². The number of hydroxylamine groups is 2. The monoisotopic (exact) mass is 1000 g/mol. The van der Waals surface area contributed by atoms with Crippen LogP contribution in [-0.4, -0.2) is 61.0 Å². The van der Waals surface area contributed by atoms with Gasteiger partial charge in [0.25, 0.3) is 0 Å². The smallest absolute Gasteiger partial charge is 0.212 e. The van der Waals surface area contributed by atoms with E-state index < -0.39 is 19.1 Å². The number of hydrogen-bond donors (Lipinski definition) is 5. The molecule has 4 aromatic carbocycles. The van der Waals surface area contributed by atoms with Crippen molar-refractivity contribution in [2.45, 2.75) is 30.1 Å². The molecule has 6 aromatic rings. The Hall–Kier alpha value is -4.80. The van der Waals surface area contributed by atoms with Crippen molar-refractivity contribution in [3.63, 3.8) is 0 Å². The molecule has 0 radical (unpaired) electrons. The van der Waals surface area contributed by atoms with Crippen LogP contribution in [-0.2, 0) is 22.4 Å². The van der Waals surface area contributed by atoms with Gasteiger partial charge in [0.2, 0.25) is 7.44 Å². The second-order valence-electron chi connectivity index (χ2n) is 12.4. The second-order valence-corrected chi connectivity index (χ2v) is 18.7. The van der Waals surface area contributed by atoms with Gasteiger partial charge in [0.1, 0.15) is 17.4 Å². The number of ketones is 1. The van der Waals surface area contributed by atoms with Gasteiger partial charge < -0.3 is 4.84 Å². The molecule has 6 rings (SSSR count). The molecule has 60 heavy (non-hydrogen) atoms. The third kappa shape index (κ3) is 12.9. The molecule has 1 atom stereocenters. The first-order valence-corrected chi connectivity index (χ1v) is 23.0. The first-order valence-electron chi connectivity index (χ1n) is 17.5. The van der Waals surface area contributed by atoms with E-state index in [1.807, 2.05) is 41.9 Å². The Morgan fingerprint density at radius 1 is 0.783 bits per heavy atom. The summed E-state index contributed by atoms with van der Waals surface area (Å²) in [4.78, 5) is 26.5. The summed E-state index contributed by atoms with van der Waals surface area (Å²) in [5.74, 6) is -0.318. The number of aliphatic imine (C=N–C) groups is 2. The minimum absolute atomic E-state index is 0.0682. The van der Waals surface area contributed by atoms with E-state index in [0.717, 1.165) is 22.9 Å². The Kier molecular flexibility index (Phi) is 16.1. The van der Waals surface area contributed by atoms with Crippen LogP contribution in [0.3, 0.4) is 0 Å². The van der Waals surface area contributed by atoms with Crippen LogP contribution in [0, 0.1) is 11.6 Å². The quantitative estimate of drug-likeness (QED) is 0.0169. The van der Waals surface area contributed by atoms with Gasteiger partial charge >= 0.3 is 0 Å². The highest BCUT2D eigenvalue weighted by molar-refractivity contribution is 9.10. The van der Waals surface area contributed by atoms with Crippen molar-refractivity contribution in [2.24, 2.45) is 9.98 Å². The number of aromatic nitrogens is 4. The topological polar surface area (TPSA) is 214 Å². The number of amidine groups is 2. The predicted molar refractivity (Wildman–Crippen MR) is 229 cm³/mol. The van der Waals surface area contributed by atoms with E-state index in [9.17, 15) is 23.3 Å². The molecule has 0 bridgehead atoms. The lowest BCUT2D eigenvalue weighted by atomic mass is 10.2. The number of nitrogens with one attached hydrogen (secondary N) is 4. The van der Waals surface area contributed by atoms with Crippen molar-refractivity contribution in [3.8, 4) is 5.75 Å². The van der Waals surface area contributed by atoms with Crippen molar-refractivity contribution < 1.29 is 37.4 Å². The fourth-order valence-corrected chi connectivity index (χ4v) is 9.65. The molecule has 16 nitrogen and oxygen atoms in total. The number of rotatable bonds is 19. The first-order chi connectivity index (χ1) is 29.0. The minimum Gasteiger partial charge on any atom is -0.381 e. The Morgan fingerprint density at radius 3 is 1.98 bits per heavy atom. The van der Waals surface area contributed by atoms with Crippen molar-refractivity contribution >= 4 is 91.7 Å². The molecule has 0 amide bonds. The fourth-order valence-electron chi connectivity index (χ4n) is 4.98. The number of carbonyl (C=O) groups excluding carboxylic acids is 1. The van der Waals surface area contributed by atoms with Crippen LogP contribution in [0.25, 0.3) is 0 Å². The molecule has 23 heteroatoms. The van der Waals surface area contributed by atoms with Crippen molar-refractivity contribution in [3.05, 3.63) is 134 Å². The summed E-state index contributed by atoms with van der Waals surface area (Å²) in [5, 5.41) is 32.5. The highest BCUT2D eigenvalue weighted by atomic mass is 79.9. The van der Waals surface area contributed by atoms with Crippen molar-refractivity contribution in [1.82, 2.24) is 41.8 Å². The Morgan fingerprint density at radius 2 is 1.37 bits per heavy atom. The zero-order valence-corrected chi connectivity index (χ0v) is 36.8.